The van der Waals surface area contributed by atoms with Gasteiger partial charge in [0.25, 0.3) is 0 Å². The monoisotopic (exact) mass is 757 g/mol. The van der Waals surface area contributed by atoms with Gasteiger partial charge < -0.3 is 9.52 Å². The number of allylic oxidation sites excluding steroid dienone is 2. The van der Waals surface area contributed by atoms with Crippen molar-refractivity contribution in [2.45, 2.75) is 67.2 Å². The van der Waals surface area contributed by atoms with E-state index >= 15 is 0 Å². The number of carbonyl (C=O) groups excluding carboxylic acids is 1. The number of aliphatic hydroxyl groups excluding tert-OH is 1. The van der Waals surface area contributed by atoms with E-state index < -0.39 is 0 Å². The summed E-state index contributed by atoms with van der Waals surface area (Å²) in [6.07, 6.45) is 4.75. The molecule has 0 bridgehead atoms. The third-order valence-electron chi connectivity index (χ3n) is 9.16. The molecule has 42 heavy (non-hydrogen) atoms. The largest absolute Gasteiger partial charge is 0.512 e. The van der Waals surface area contributed by atoms with Gasteiger partial charge in [0.15, 0.2) is 5.78 Å². The fourth-order valence-electron chi connectivity index (χ4n) is 5.20. The van der Waals surface area contributed by atoms with E-state index in [0.29, 0.717) is 0 Å². The minimum atomic E-state index is -0.337. The molecule has 3 aromatic carbocycles. The zero-order valence-corrected chi connectivity index (χ0v) is 28.3. The molecule has 3 heterocycles. The molecule has 6 rings (SSSR count). The fraction of sp³-hybridized carbons (Fsp3) is 0.333. The second-order valence-electron chi connectivity index (χ2n) is 11.4. The van der Waals surface area contributed by atoms with E-state index in [1.54, 1.807) is 11.3 Å². The van der Waals surface area contributed by atoms with E-state index in [0.717, 1.165) is 64.0 Å². The Morgan fingerprint density at radius 1 is 0.905 bits per heavy atom. The maximum absolute atomic E-state index is 12.2. The van der Waals surface area contributed by atoms with E-state index in [-0.39, 0.29) is 42.5 Å². The number of ketones is 1. The predicted molar refractivity (Wildman–Crippen MR) is 174 cm³/mol. The van der Waals surface area contributed by atoms with Crippen LogP contribution in [0.2, 0.25) is 0 Å². The summed E-state index contributed by atoms with van der Waals surface area (Å²) in [6, 6.07) is 24.0. The summed E-state index contributed by atoms with van der Waals surface area (Å²) >= 11 is 1.76. The average molecular weight is 757 g/mol. The van der Waals surface area contributed by atoms with Crippen molar-refractivity contribution in [1.29, 1.82) is 0 Å². The summed E-state index contributed by atoms with van der Waals surface area (Å²) < 4.78 is 8.43. The second-order valence-corrected chi connectivity index (χ2v) is 12.5. The van der Waals surface area contributed by atoms with Gasteiger partial charge in [-0.25, -0.2) is 0 Å². The Morgan fingerprint density at radius 2 is 1.57 bits per heavy atom. The molecule has 0 aliphatic carbocycles. The summed E-state index contributed by atoms with van der Waals surface area (Å²) in [5.41, 5.74) is 3.22. The molecule has 4 nitrogen and oxygen atoms in total. The minimum absolute atomic E-state index is 0. The Labute approximate surface area is 265 Å². The standard InChI is InChI=1S/C21H10NOS.C15H28O2.Ir/c1-2-7-14-12(5-1)11-18-21(22-14)13-6-3-8-15-19(13)20-16(23-15)9-4-10-17(20)24-18;1-7-14(5,8-2)12(16)11-13(17)15(6,9-3)10-4;/h1-5,7-11H;11,16H,7-10H2,1-6H3;/q-1;;/b;12-11-;. The summed E-state index contributed by atoms with van der Waals surface area (Å²) in [6.45, 7) is 12.1. The van der Waals surface area contributed by atoms with Crippen LogP contribution < -0.4 is 0 Å². The number of benzene rings is 3. The van der Waals surface area contributed by atoms with Crippen molar-refractivity contribution in [2.24, 2.45) is 10.8 Å². The number of para-hydroxylation sites is 1. The van der Waals surface area contributed by atoms with Gasteiger partial charge in [-0.05, 0) is 55.3 Å². The molecular formula is C36H38IrNO3S-. The van der Waals surface area contributed by atoms with Crippen molar-refractivity contribution < 1.29 is 34.4 Å². The Bertz CT molecular complexity index is 1910. The predicted octanol–water partition coefficient (Wildman–Crippen LogP) is 10.9. The third kappa shape index (κ3) is 5.65. The number of aliphatic hydroxyl groups is 1. The molecule has 221 valence electrons. The van der Waals surface area contributed by atoms with E-state index in [2.05, 4.69) is 42.5 Å². The van der Waals surface area contributed by atoms with Crippen LogP contribution >= 0.6 is 11.3 Å². The van der Waals surface area contributed by atoms with Gasteiger partial charge in [0, 0.05) is 57.3 Å². The minimum Gasteiger partial charge on any atom is -0.512 e. The van der Waals surface area contributed by atoms with Crippen molar-refractivity contribution in [3.05, 3.63) is 78.6 Å². The number of rotatable bonds is 7. The Hall–Kier alpha value is -3.05. The van der Waals surface area contributed by atoms with Crippen LogP contribution in [0, 0.1) is 16.9 Å². The van der Waals surface area contributed by atoms with Crippen molar-refractivity contribution in [2.75, 3.05) is 0 Å². The van der Waals surface area contributed by atoms with Gasteiger partial charge in [-0.15, -0.1) is 28.9 Å². The zero-order chi connectivity index (χ0) is 29.4. The number of furan rings is 1. The fourth-order valence-corrected chi connectivity index (χ4v) is 6.32. The first kappa shape index (κ1) is 31.9. The van der Waals surface area contributed by atoms with E-state index in [1.807, 2.05) is 65.8 Å². The molecule has 6 heteroatoms. The molecular weight excluding hydrogens is 719 g/mol. The van der Waals surface area contributed by atoms with Gasteiger partial charge in [-0.1, -0.05) is 77.3 Å². The number of nitrogens with zero attached hydrogens (tertiary/aromatic N) is 1. The first-order chi connectivity index (χ1) is 19.7. The van der Waals surface area contributed by atoms with Crippen molar-refractivity contribution in [1.82, 2.24) is 4.98 Å². The summed E-state index contributed by atoms with van der Waals surface area (Å²) in [5, 5.41) is 14.6. The number of fused-ring (bicyclic) bond motifs is 3. The molecule has 0 aliphatic rings. The van der Waals surface area contributed by atoms with Gasteiger partial charge in [-0.3, -0.25) is 9.78 Å². The average Bonchev–Trinajstić information content (AvgIpc) is 3.33. The van der Waals surface area contributed by atoms with Gasteiger partial charge in [0.05, 0.1) is 11.1 Å². The van der Waals surface area contributed by atoms with Crippen molar-refractivity contribution in [3.63, 3.8) is 0 Å². The van der Waals surface area contributed by atoms with Crippen LogP contribution in [-0.4, -0.2) is 15.9 Å². The summed E-state index contributed by atoms with van der Waals surface area (Å²) in [4.78, 5) is 17.1. The Morgan fingerprint density at radius 3 is 2.26 bits per heavy atom. The van der Waals surface area contributed by atoms with Gasteiger partial charge in [-0.2, -0.15) is 0 Å². The van der Waals surface area contributed by atoms with Crippen LogP contribution in [0.25, 0.3) is 53.1 Å². The van der Waals surface area contributed by atoms with Gasteiger partial charge in [0.1, 0.15) is 11.3 Å². The van der Waals surface area contributed by atoms with E-state index in [9.17, 15) is 9.90 Å². The maximum Gasteiger partial charge on any atom is 0.164 e. The third-order valence-corrected chi connectivity index (χ3v) is 10.3. The first-order valence-electron chi connectivity index (χ1n) is 14.6. The van der Waals surface area contributed by atoms with Crippen LogP contribution in [0.3, 0.4) is 0 Å². The Balaban J connectivity index is 0.000000203. The molecule has 0 spiro atoms. The molecule has 0 unspecified atom stereocenters. The van der Waals surface area contributed by atoms with E-state index in [1.165, 1.54) is 20.9 Å². The molecule has 0 saturated heterocycles. The quantitative estimate of drug-likeness (QED) is 0.100. The van der Waals surface area contributed by atoms with Crippen LogP contribution in [0.15, 0.2) is 76.9 Å². The topological polar surface area (TPSA) is 63.3 Å². The molecule has 3 aromatic heterocycles. The van der Waals surface area contributed by atoms with Crippen LogP contribution in [-0.2, 0) is 24.9 Å². The number of aromatic nitrogens is 1. The first-order valence-corrected chi connectivity index (χ1v) is 15.4. The van der Waals surface area contributed by atoms with Crippen molar-refractivity contribution in [3.8, 4) is 0 Å². The summed E-state index contributed by atoms with van der Waals surface area (Å²) in [5.74, 6) is 0.286. The Kier molecular flexibility index (Phi) is 9.62. The molecule has 0 atom stereocenters. The smallest absolute Gasteiger partial charge is 0.164 e. The molecule has 0 aliphatic heterocycles. The SMILES string of the molecule is CCC(C)(CC)C(=O)/C=C(\O)C(C)(CC)CC.[Ir].[c-]1ccc2oc3cccc4sc5cc6ccccc6nc5c1c2c34. The second kappa shape index (κ2) is 12.7. The number of carbonyl (C=O) groups is 1. The molecule has 0 saturated carbocycles. The number of hydrogen-bond acceptors (Lipinski definition) is 5. The molecule has 0 amide bonds. The van der Waals surface area contributed by atoms with E-state index in [4.69, 9.17) is 9.40 Å². The van der Waals surface area contributed by atoms with Crippen molar-refractivity contribution >= 4 is 70.3 Å². The van der Waals surface area contributed by atoms with Crippen LogP contribution in [0.4, 0.5) is 0 Å². The summed E-state index contributed by atoms with van der Waals surface area (Å²) in [7, 11) is 0. The number of pyridine rings is 1. The van der Waals surface area contributed by atoms with Gasteiger partial charge in [0.2, 0.25) is 0 Å². The van der Waals surface area contributed by atoms with Crippen LogP contribution in [0.1, 0.15) is 67.2 Å². The molecule has 0 fully saturated rings. The molecule has 6 aromatic rings. The zero-order valence-electron chi connectivity index (χ0n) is 25.1. The normalized spacial score (nSPS) is 12.6. The molecule has 1 N–H and O–H groups in total. The molecule has 1 radical (unpaired) electrons. The van der Waals surface area contributed by atoms with Crippen LogP contribution in [0.5, 0.6) is 0 Å². The number of hydrogen-bond donors (Lipinski definition) is 1. The maximum atomic E-state index is 12.2. The van der Waals surface area contributed by atoms with Gasteiger partial charge >= 0.3 is 0 Å².